The molecule has 4 nitrogen and oxygen atoms in total. The molecule has 0 atom stereocenters. The van der Waals surface area contributed by atoms with Gasteiger partial charge in [0, 0.05) is 27.8 Å². The van der Waals surface area contributed by atoms with Gasteiger partial charge in [0.1, 0.15) is 22.9 Å². The van der Waals surface area contributed by atoms with E-state index in [9.17, 15) is 5.11 Å². The molecule has 0 saturated heterocycles. The van der Waals surface area contributed by atoms with E-state index < -0.39 is 0 Å². The number of rotatable bonds is 4. The Morgan fingerprint density at radius 3 is 2.73 bits per heavy atom. The minimum absolute atomic E-state index is 0.195. The van der Waals surface area contributed by atoms with Crippen molar-refractivity contribution in [3.05, 3.63) is 81.9 Å². The monoisotopic (exact) mass is 427 g/mol. The van der Waals surface area contributed by atoms with Crippen LogP contribution in [0.3, 0.4) is 0 Å². The summed E-state index contributed by atoms with van der Waals surface area (Å²) in [5.41, 5.74) is 3.23. The van der Waals surface area contributed by atoms with Crippen LogP contribution in [0.1, 0.15) is 5.56 Å². The molecule has 0 amide bonds. The number of hydrogen-bond donors (Lipinski definition) is 2. The van der Waals surface area contributed by atoms with Gasteiger partial charge in [-0.05, 0) is 42.0 Å². The maximum atomic E-state index is 10.3. The Bertz CT molecular complexity index is 1090. The van der Waals surface area contributed by atoms with Crippen molar-refractivity contribution >= 4 is 39.0 Å². The van der Waals surface area contributed by atoms with Gasteiger partial charge in [-0.25, -0.2) is 4.98 Å². The van der Waals surface area contributed by atoms with E-state index in [4.69, 9.17) is 16.6 Å². The molecule has 0 saturated carbocycles. The molecule has 4 rings (SSSR count). The molecule has 130 valence electrons. The van der Waals surface area contributed by atoms with Crippen molar-refractivity contribution in [3.8, 4) is 17.0 Å². The number of anilines is 1. The summed E-state index contributed by atoms with van der Waals surface area (Å²) in [6.07, 6.45) is 1.94. The fourth-order valence-electron chi connectivity index (χ4n) is 2.88. The second-order valence-electron chi connectivity index (χ2n) is 5.88. The second-order valence-corrected chi connectivity index (χ2v) is 7.23. The van der Waals surface area contributed by atoms with Crippen LogP contribution in [0.5, 0.6) is 5.75 Å². The molecular formula is C20H15BrClN3O. The van der Waals surface area contributed by atoms with Gasteiger partial charge >= 0.3 is 0 Å². The zero-order chi connectivity index (χ0) is 18.1. The summed E-state index contributed by atoms with van der Waals surface area (Å²) in [7, 11) is 0. The predicted octanol–water partition coefficient (Wildman–Crippen LogP) is 5.73. The topological polar surface area (TPSA) is 49.6 Å². The van der Waals surface area contributed by atoms with Crippen LogP contribution in [0.25, 0.3) is 16.9 Å². The Balaban J connectivity index is 1.81. The van der Waals surface area contributed by atoms with Crippen LogP contribution >= 0.6 is 27.5 Å². The number of phenols is 1. The van der Waals surface area contributed by atoms with Gasteiger partial charge in [0.15, 0.2) is 0 Å². The first kappa shape index (κ1) is 16.9. The molecular weight excluding hydrogens is 414 g/mol. The van der Waals surface area contributed by atoms with Crippen LogP contribution in [-0.4, -0.2) is 14.5 Å². The molecule has 2 heterocycles. The molecule has 0 fully saturated rings. The Morgan fingerprint density at radius 2 is 1.92 bits per heavy atom. The molecule has 26 heavy (non-hydrogen) atoms. The van der Waals surface area contributed by atoms with Crippen LogP contribution in [0.2, 0.25) is 5.02 Å². The number of hydrogen-bond acceptors (Lipinski definition) is 3. The number of pyridine rings is 1. The number of para-hydroxylation sites is 1. The molecule has 2 aromatic carbocycles. The third kappa shape index (κ3) is 3.28. The van der Waals surface area contributed by atoms with E-state index in [1.54, 1.807) is 12.1 Å². The van der Waals surface area contributed by atoms with Crippen molar-refractivity contribution in [1.82, 2.24) is 9.38 Å². The van der Waals surface area contributed by atoms with Crippen molar-refractivity contribution in [3.63, 3.8) is 0 Å². The Labute approximate surface area is 164 Å². The summed E-state index contributed by atoms with van der Waals surface area (Å²) in [5.74, 6) is 1.01. The number of benzene rings is 2. The lowest BCUT2D eigenvalue weighted by Crippen LogP contribution is -2.03. The normalized spacial score (nSPS) is 11.0. The Hall–Kier alpha value is -2.50. The van der Waals surface area contributed by atoms with Crippen molar-refractivity contribution in [1.29, 1.82) is 0 Å². The smallest absolute Gasteiger partial charge is 0.140 e. The van der Waals surface area contributed by atoms with E-state index in [2.05, 4.69) is 21.2 Å². The first-order valence-electron chi connectivity index (χ1n) is 8.06. The van der Waals surface area contributed by atoms with Crippen molar-refractivity contribution in [2.24, 2.45) is 0 Å². The van der Waals surface area contributed by atoms with Crippen molar-refractivity contribution < 1.29 is 5.11 Å². The summed E-state index contributed by atoms with van der Waals surface area (Å²) in [4.78, 5) is 4.72. The highest BCUT2D eigenvalue weighted by Crippen LogP contribution is 2.35. The van der Waals surface area contributed by atoms with Gasteiger partial charge in [0.2, 0.25) is 0 Å². The molecule has 0 radical (unpaired) electrons. The standard InChI is InChI=1S/C20H15BrClN3O/c21-14-8-9-25-18(11-14)24-19(16-6-1-2-7-17(16)26)20(25)23-12-13-4-3-5-15(22)10-13/h1-11,23,26H,12H2. The minimum Gasteiger partial charge on any atom is -0.507 e. The molecule has 0 aliphatic carbocycles. The summed E-state index contributed by atoms with van der Waals surface area (Å²) in [5, 5.41) is 14.4. The largest absolute Gasteiger partial charge is 0.507 e. The van der Waals surface area contributed by atoms with Gasteiger partial charge < -0.3 is 10.4 Å². The average Bonchev–Trinajstić information content (AvgIpc) is 2.97. The number of fused-ring (bicyclic) bond motifs is 1. The van der Waals surface area contributed by atoms with Crippen LogP contribution in [-0.2, 0) is 6.54 Å². The third-order valence-electron chi connectivity index (χ3n) is 4.10. The van der Waals surface area contributed by atoms with E-state index in [1.807, 2.05) is 59.1 Å². The lowest BCUT2D eigenvalue weighted by molar-refractivity contribution is 0.477. The lowest BCUT2D eigenvalue weighted by Gasteiger charge is -2.10. The first-order valence-corrected chi connectivity index (χ1v) is 9.23. The van der Waals surface area contributed by atoms with Crippen LogP contribution in [0.4, 0.5) is 5.82 Å². The average molecular weight is 429 g/mol. The van der Waals surface area contributed by atoms with Crippen LogP contribution < -0.4 is 5.32 Å². The van der Waals surface area contributed by atoms with E-state index in [0.717, 1.165) is 21.5 Å². The third-order valence-corrected chi connectivity index (χ3v) is 4.82. The zero-order valence-corrected chi connectivity index (χ0v) is 16.0. The SMILES string of the molecule is Oc1ccccc1-c1nc2cc(Br)ccn2c1NCc1cccc(Cl)c1. The quantitative estimate of drug-likeness (QED) is 0.436. The number of nitrogens with zero attached hydrogens (tertiary/aromatic N) is 2. The van der Waals surface area contributed by atoms with E-state index >= 15 is 0 Å². The van der Waals surface area contributed by atoms with Gasteiger partial charge in [-0.3, -0.25) is 4.40 Å². The molecule has 0 spiro atoms. The molecule has 2 aromatic heterocycles. The Morgan fingerprint density at radius 1 is 1.08 bits per heavy atom. The summed E-state index contributed by atoms with van der Waals surface area (Å²) in [6, 6.07) is 18.8. The number of halogens is 2. The summed E-state index contributed by atoms with van der Waals surface area (Å²) < 4.78 is 2.91. The van der Waals surface area contributed by atoms with Crippen LogP contribution in [0.15, 0.2) is 71.3 Å². The van der Waals surface area contributed by atoms with Gasteiger partial charge in [0.05, 0.1) is 0 Å². The number of nitrogens with one attached hydrogen (secondary N) is 1. The minimum atomic E-state index is 0.195. The second kappa shape index (κ2) is 7.02. The molecule has 0 unspecified atom stereocenters. The summed E-state index contributed by atoms with van der Waals surface area (Å²) in [6.45, 7) is 0.588. The molecule has 2 N–H and O–H groups in total. The molecule has 0 aliphatic rings. The van der Waals surface area contributed by atoms with Gasteiger partial charge in [-0.15, -0.1) is 0 Å². The van der Waals surface area contributed by atoms with Gasteiger partial charge in [-0.1, -0.05) is 51.8 Å². The fourth-order valence-corrected chi connectivity index (χ4v) is 3.42. The number of phenolic OH excluding ortho intramolecular Hbond substituents is 1. The van der Waals surface area contributed by atoms with Gasteiger partial charge in [0.25, 0.3) is 0 Å². The van der Waals surface area contributed by atoms with Crippen molar-refractivity contribution in [2.45, 2.75) is 6.54 Å². The molecule has 0 aliphatic heterocycles. The van der Waals surface area contributed by atoms with Crippen LogP contribution in [0, 0.1) is 0 Å². The lowest BCUT2D eigenvalue weighted by atomic mass is 10.1. The van der Waals surface area contributed by atoms with E-state index in [1.165, 1.54) is 0 Å². The number of aromatic nitrogens is 2. The fraction of sp³-hybridized carbons (Fsp3) is 0.0500. The predicted molar refractivity (Wildman–Crippen MR) is 109 cm³/mol. The van der Waals surface area contributed by atoms with E-state index in [0.29, 0.717) is 22.8 Å². The number of imidazole rings is 1. The Kier molecular flexibility index (Phi) is 4.57. The maximum Gasteiger partial charge on any atom is 0.140 e. The number of aromatic hydroxyl groups is 1. The highest BCUT2D eigenvalue weighted by Gasteiger charge is 2.16. The molecule has 0 bridgehead atoms. The van der Waals surface area contributed by atoms with Crippen molar-refractivity contribution in [2.75, 3.05) is 5.32 Å². The highest BCUT2D eigenvalue weighted by atomic mass is 79.9. The van der Waals surface area contributed by atoms with Gasteiger partial charge in [-0.2, -0.15) is 0 Å². The summed E-state index contributed by atoms with van der Waals surface area (Å²) >= 11 is 9.57. The highest BCUT2D eigenvalue weighted by molar-refractivity contribution is 9.10. The molecule has 4 aromatic rings. The van der Waals surface area contributed by atoms with E-state index in [-0.39, 0.29) is 5.75 Å². The maximum absolute atomic E-state index is 10.3. The first-order chi connectivity index (χ1) is 12.6. The molecule has 6 heteroatoms. The zero-order valence-electron chi connectivity index (χ0n) is 13.7.